The number of carboxylic acid groups (broad SMARTS) is 1. The van der Waals surface area contributed by atoms with Crippen LogP contribution in [0.1, 0.15) is 10.4 Å². The zero-order valence-electron chi connectivity index (χ0n) is 9.27. The van der Waals surface area contributed by atoms with Gasteiger partial charge in [0.1, 0.15) is 5.82 Å². The Morgan fingerprint density at radius 1 is 1.47 bits per heavy atom. The highest BCUT2D eigenvalue weighted by Gasteiger charge is 2.12. The normalized spacial score (nSPS) is 10.2. The molecule has 1 N–H and O–H groups in total. The number of carbonyl (C=O) groups is 1. The van der Waals surface area contributed by atoms with Crippen LogP contribution < -0.4 is 4.90 Å². The van der Waals surface area contributed by atoms with Crippen molar-refractivity contribution in [3.8, 4) is 0 Å². The van der Waals surface area contributed by atoms with Gasteiger partial charge in [0, 0.05) is 20.3 Å². The van der Waals surface area contributed by atoms with Gasteiger partial charge in [0.25, 0.3) is 5.95 Å². The third kappa shape index (κ3) is 2.05. The monoisotopic (exact) mass is 234 g/mol. The van der Waals surface area contributed by atoms with Gasteiger partial charge >= 0.3 is 5.97 Å². The summed E-state index contributed by atoms with van der Waals surface area (Å²) in [6, 6.07) is 3.07. The zero-order valence-corrected chi connectivity index (χ0v) is 9.27. The van der Waals surface area contributed by atoms with Gasteiger partial charge in [0.05, 0.1) is 5.56 Å². The molecule has 2 heterocycles. The Labute approximate surface area is 96.5 Å². The average Bonchev–Trinajstić information content (AvgIpc) is 2.74. The van der Waals surface area contributed by atoms with Crippen molar-refractivity contribution in [2.45, 2.75) is 0 Å². The van der Waals surface area contributed by atoms with Crippen molar-refractivity contribution in [3.05, 3.63) is 23.9 Å². The lowest BCUT2D eigenvalue weighted by Gasteiger charge is -2.15. The second-order valence-corrected chi connectivity index (χ2v) is 3.37. The Bertz CT molecular complexity index is 535. The first-order valence-electron chi connectivity index (χ1n) is 4.75. The first-order valence-corrected chi connectivity index (χ1v) is 4.75. The fourth-order valence-electron chi connectivity index (χ4n) is 1.32. The number of aromatic carboxylic acids is 1. The van der Waals surface area contributed by atoms with Crippen LogP contribution in [0.25, 0.3) is 0 Å². The summed E-state index contributed by atoms with van der Waals surface area (Å²) >= 11 is 0. The van der Waals surface area contributed by atoms with Crippen molar-refractivity contribution >= 4 is 17.7 Å². The van der Waals surface area contributed by atoms with Gasteiger partial charge in [0.15, 0.2) is 0 Å². The van der Waals surface area contributed by atoms with Crippen LogP contribution in [-0.4, -0.2) is 43.3 Å². The quantitative estimate of drug-likeness (QED) is 0.802. The number of nitrogens with zero attached hydrogens (tertiary/aromatic N) is 6. The van der Waals surface area contributed by atoms with Gasteiger partial charge in [-0.3, -0.25) is 4.90 Å². The van der Waals surface area contributed by atoms with Gasteiger partial charge < -0.3 is 5.11 Å². The molecule has 0 bridgehead atoms. The molecule has 0 saturated heterocycles. The van der Waals surface area contributed by atoms with E-state index in [0.29, 0.717) is 11.8 Å². The third-order valence-corrected chi connectivity index (χ3v) is 2.24. The number of tetrazole rings is 1. The van der Waals surface area contributed by atoms with Crippen LogP contribution in [0.5, 0.6) is 0 Å². The average molecular weight is 234 g/mol. The third-order valence-electron chi connectivity index (χ3n) is 2.24. The Kier molecular flexibility index (Phi) is 2.69. The molecular weight excluding hydrogens is 224 g/mol. The zero-order chi connectivity index (χ0) is 12.4. The smallest absolute Gasteiger partial charge is 0.337 e. The lowest BCUT2D eigenvalue weighted by molar-refractivity contribution is 0.0696. The van der Waals surface area contributed by atoms with Gasteiger partial charge in [-0.15, -0.1) is 0 Å². The van der Waals surface area contributed by atoms with E-state index in [2.05, 4.69) is 20.5 Å². The highest BCUT2D eigenvalue weighted by molar-refractivity contribution is 5.87. The molecule has 2 aromatic rings. The first-order chi connectivity index (χ1) is 8.09. The molecule has 88 valence electrons. The van der Waals surface area contributed by atoms with Crippen molar-refractivity contribution in [1.82, 2.24) is 25.2 Å². The van der Waals surface area contributed by atoms with E-state index in [1.165, 1.54) is 16.9 Å². The molecule has 0 atom stereocenters. The second kappa shape index (κ2) is 4.16. The van der Waals surface area contributed by atoms with Crippen molar-refractivity contribution < 1.29 is 9.90 Å². The molecule has 0 radical (unpaired) electrons. The van der Waals surface area contributed by atoms with Crippen molar-refractivity contribution in [2.24, 2.45) is 7.05 Å². The van der Waals surface area contributed by atoms with Crippen LogP contribution in [0, 0.1) is 0 Å². The first kappa shape index (κ1) is 11.0. The topological polar surface area (TPSA) is 97.0 Å². The molecule has 2 rings (SSSR count). The lowest BCUT2D eigenvalue weighted by Crippen LogP contribution is -2.16. The number of pyridine rings is 1. The molecule has 0 aliphatic rings. The fourth-order valence-corrected chi connectivity index (χ4v) is 1.32. The van der Waals surface area contributed by atoms with E-state index < -0.39 is 5.97 Å². The molecule has 8 heteroatoms. The number of hydrogen-bond donors (Lipinski definition) is 1. The molecule has 0 spiro atoms. The van der Waals surface area contributed by atoms with Gasteiger partial charge in [-0.25, -0.2) is 14.5 Å². The number of hydrogen-bond acceptors (Lipinski definition) is 6. The summed E-state index contributed by atoms with van der Waals surface area (Å²) in [5.41, 5.74) is 0.137. The SMILES string of the molecule is CN(c1ccc(C(=O)O)cn1)c1nnnn1C. The molecule has 2 aromatic heterocycles. The fraction of sp³-hybridized carbons (Fsp3) is 0.222. The van der Waals surface area contributed by atoms with Crippen LogP contribution in [-0.2, 0) is 7.05 Å². The van der Waals surface area contributed by atoms with Crippen molar-refractivity contribution in [3.63, 3.8) is 0 Å². The largest absolute Gasteiger partial charge is 0.478 e. The summed E-state index contributed by atoms with van der Waals surface area (Å²) in [5, 5.41) is 19.8. The molecule has 0 unspecified atom stereocenters. The summed E-state index contributed by atoms with van der Waals surface area (Å²) in [7, 11) is 3.45. The lowest BCUT2D eigenvalue weighted by atomic mass is 10.3. The number of carboxylic acids is 1. The standard InChI is InChI=1S/C9H10N6O2/c1-14(9-11-12-13-15(9)2)7-4-3-6(5-10-7)8(16)17/h3-5H,1-2H3,(H,16,17). The predicted octanol–water partition coefficient (Wildman–Crippen LogP) is 0.0712. The highest BCUT2D eigenvalue weighted by atomic mass is 16.4. The summed E-state index contributed by atoms with van der Waals surface area (Å²) < 4.78 is 1.49. The maximum atomic E-state index is 10.7. The second-order valence-electron chi connectivity index (χ2n) is 3.37. The van der Waals surface area contributed by atoms with Gasteiger partial charge in [-0.2, -0.15) is 0 Å². The van der Waals surface area contributed by atoms with Crippen LogP contribution in [0.4, 0.5) is 11.8 Å². The molecule has 0 fully saturated rings. The van der Waals surface area contributed by atoms with Crippen molar-refractivity contribution in [1.29, 1.82) is 0 Å². The molecule has 0 amide bonds. The maximum Gasteiger partial charge on any atom is 0.337 e. The van der Waals surface area contributed by atoms with Gasteiger partial charge in [0.2, 0.25) is 0 Å². The minimum absolute atomic E-state index is 0.137. The Morgan fingerprint density at radius 2 is 2.24 bits per heavy atom. The molecule has 0 aliphatic heterocycles. The van der Waals surface area contributed by atoms with Crippen LogP contribution in [0.3, 0.4) is 0 Å². The minimum Gasteiger partial charge on any atom is -0.478 e. The minimum atomic E-state index is -1.01. The van der Waals surface area contributed by atoms with E-state index in [-0.39, 0.29) is 5.56 Å². The van der Waals surface area contributed by atoms with Crippen LogP contribution in [0.15, 0.2) is 18.3 Å². The number of aromatic nitrogens is 5. The summed E-state index contributed by atoms with van der Waals surface area (Å²) in [6.07, 6.45) is 1.29. The van der Waals surface area contributed by atoms with E-state index in [9.17, 15) is 4.79 Å². The van der Waals surface area contributed by atoms with E-state index >= 15 is 0 Å². The predicted molar refractivity (Wildman–Crippen MR) is 58.1 cm³/mol. The number of anilines is 2. The molecule has 17 heavy (non-hydrogen) atoms. The van der Waals surface area contributed by atoms with Crippen LogP contribution >= 0.6 is 0 Å². The van der Waals surface area contributed by atoms with E-state index in [1.54, 1.807) is 25.1 Å². The molecule has 0 saturated carbocycles. The molecule has 0 aromatic carbocycles. The van der Waals surface area contributed by atoms with Crippen molar-refractivity contribution in [2.75, 3.05) is 11.9 Å². The summed E-state index contributed by atoms with van der Waals surface area (Å²) in [4.78, 5) is 16.4. The van der Waals surface area contributed by atoms with Crippen LogP contribution in [0.2, 0.25) is 0 Å². The van der Waals surface area contributed by atoms with Gasteiger partial charge in [-0.1, -0.05) is 5.10 Å². The highest BCUT2D eigenvalue weighted by Crippen LogP contribution is 2.17. The van der Waals surface area contributed by atoms with E-state index in [4.69, 9.17) is 5.11 Å². The summed E-state index contributed by atoms with van der Waals surface area (Å²) in [5.74, 6) is 0.0699. The molecular formula is C9H10N6O2. The maximum absolute atomic E-state index is 10.7. The number of rotatable bonds is 3. The Hall–Kier alpha value is -2.51. The molecule has 0 aliphatic carbocycles. The number of aryl methyl sites for hydroxylation is 1. The van der Waals surface area contributed by atoms with E-state index in [0.717, 1.165) is 0 Å². The molecule has 8 nitrogen and oxygen atoms in total. The Morgan fingerprint density at radius 3 is 2.71 bits per heavy atom. The summed E-state index contributed by atoms with van der Waals surface area (Å²) in [6.45, 7) is 0. The van der Waals surface area contributed by atoms with E-state index in [1.807, 2.05) is 0 Å². The Balaban J connectivity index is 2.29. The van der Waals surface area contributed by atoms with Gasteiger partial charge in [-0.05, 0) is 22.6 Å².